The van der Waals surface area contributed by atoms with Crippen LogP contribution < -0.4 is 16.0 Å². The molecule has 3 atom stereocenters. The van der Waals surface area contributed by atoms with Crippen molar-refractivity contribution in [3.05, 3.63) is 29.8 Å². The van der Waals surface area contributed by atoms with Gasteiger partial charge in [-0.2, -0.15) is 0 Å². The highest BCUT2D eigenvalue weighted by molar-refractivity contribution is 7.84. The van der Waals surface area contributed by atoms with E-state index >= 15 is 0 Å². The molecule has 1 aliphatic rings. The summed E-state index contributed by atoms with van der Waals surface area (Å²) < 4.78 is 16.8. The number of nitrogens with zero attached hydrogens (tertiary/aromatic N) is 2. The number of ether oxygens (including phenoxy) is 1. The Bertz CT molecular complexity index is 1210. The fourth-order valence-electron chi connectivity index (χ4n) is 4.13. The van der Waals surface area contributed by atoms with Crippen molar-refractivity contribution in [2.75, 3.05) is 37.0 Å². The van der Waals surface area contributed by atoms with Gasteiger partial charge in [0.25, 0.3) is 0 Å². The Hall–Kier alpha value is -3.75. The van der Waals surface area contributed by atoms with E-state index in [0.717, 1.165) is 12.2 Å². The molecule has 1 radical (unpaired) electrons. The molecule has 235 valence electrons. The predicted octanol–water partition coefficient (Wildman–Crippen LogP) is 1.46. The second-order valence-electron chi connectivity index (χ2n) is 11.2. The smallest absolute Gasteiger partial charge is 0.410 e. The van der Waals surface area contributed by atoms with Gasteiger partial charge < -0.3 is 30.4 Å². The molecule has 6 amide bonds. The zero-order valence-electron chi connectivity index (χ0n) is 25.5. The summed E-state index contributed by atoms with van der Waals surface area (Å²) in [6.45, 7) is 9.44. The molecule has 3 unspecified atom stereocenters. The van der Waals surface area contributed by atoms with Crippen LogP contribution in [0.4, 0.5) is 15.3 Å². The molecular formula is C28H41BN5O8S. The number of amides is 6. The molecule has 1 fully saturated rings. The lowest BCUT2D eigenvalue weighted by Crippen LogP contribution is -2.48. The molecule has 1 aromatic carbocycles. The molecule has 0 aromatic heterocycles. The van der Waals surface area contributed by atoms with Gasteiger partial charge in [0.1, 0.15) is 12.6 Å². The van der Waals surface area contributed by atoms with Crippen molar-refractivity contribution in [2.24, 2.45) is 17.8 Å². The number of carbonyl (C=O) groups is 6. The average molecular weight is 619 g/mol. The number of benzene rings is 1. The standard InChI is InChI=1S/C28H41BN5O8S/c1-17(2)15-33(11-12-43(6)41)28(40)42-16-20-7-9-21(10-8-20)32-25(37)19(5)31-23(35)14-30-27(39)29-34-24(36)13-22(18(3)4)26(34)38/h7-10,17-19,22H,11-16H2,1-6H3,(H,30,39)(H,31,35)(H,32,37). The van der Waals surface area contributed by atoms with Gasteiger partial charge in [0.15, 0.2) is 5.81 Å². The molecule has 15 heteroatoms. The van der Waals surface area contributed by atoms with E-state index in [2.05, 4.69) is 16.0 Å². The van der Waals surface area contributed by atoms with Gasteiger partial charge in [-0.1, -0.05) is 39.8 Å². The fraction of sp³-hybridized carbons (Fsp3) is 0.571. The third kappa shape index (κ3) is 11.8. The topological polar surface area (TPSA) is 171 Å². The zero-order valence-corrected chi connectivity index (χ0v) is 26.3. The Labute approximate surface area is 255 Å². The molecule has 0 aliphatic carbocycles. The largest absolute Gasteiger partial charge is 0.445 e. The number of anilines is 1. The Morgan fingerprint density at radius 1 is 1.09 bits per heavy atom. The van der Waals surface area contributed by atoms with Gasteiger partial charge in [-0.15, -0.1) is 0 Å². The van der Waals surface area contributed by atoms with E-state index in [9.17, 15) is 33.0 Å². The second kappa shape index (κ2) is 16.8. The van der Waals surface area contributed by atoms with Crippen LogP contribution in [0.25, 0.3) is 0 Å². The van der Waals surface area contributed by atoms with Crippen LogP contribution in [0.3, 0.4) is 0 Å². The van der Waals surface area contributed by atoms with Gasteiger partial charge in [0.2, 0.25) is 23.6 Å². The van der Waals surface area contributed by atoms with Crippen molar-refractivity contribution < 1.29 is 37.7 Å². The molecule has 1 aromatic rings. The van der Waals surface area contributed by atoms with E-state index in [1.165, 1.54) is 11.8 Å². The van der Waals surface area contributed by atoms with Crippen molar-refractivity contribution in [3.63, 3.8) is 0 Å². The first-order valence-electron chi connectivity index (χ1n) is 14.1. The highest BCUT2D eigenvalue weighted by Crippen LogP contribution is 2.25. The fourth-order valence-corrected chi connectivity index (χ4v) is 4.61. The SMILES string of the molecule is CC(C)CN(CCS(C)=O)C(=O)OCc1ccc(NC(=O)C(C)NC(=O)CNC(=O)[B]N2C(=O)CC(C(C)C)C2=O)cc1. The minimum Gasteiger partial charge on any atom is -0.445 e. The van der Waals surface area contributed by atoms with Crippen LogP contribution in [0.15, 0.2) is 24.3 Å². The highest BCUT2D eigenvalue weighted by atomic mass is 32.2. The van der Waals surface area contributed by atoms with Crippen molar-refractivity contribution in [2.45, 2.75) is 53.7 Å². The third-order valence-electron chi connectivity index (χ3n) is 6.54. The molecule has 2 rings (SSSR count). The molecule has 1 saturated heterocycles. The molecule has 0 saturated carbocycles. The van der Waals surface area contributed by atoms with Gasteiger partial charge in [-0.05, 0) is 36.5 Å². The number of carbonyl (C=O) groups excluding carboxylic acids is 6. The maximum atomic E-state index is 12.5. The number of nitrogens with one attached hydrogen (secondary N) is 3. The molecule has 0 spiro atoms. The lowest BCUT2D eigenvalue weighted by Gasteiger charge is -2.23. The summed E-state index contributed by atoms with van der Waals surface area (Å²) in [6, 6.07) is 5.69. The van der Waals surface area contributed by atoms with Crippen LogP contribution in [-0.2, 0) is 41.3 Å². The van der Waals surface area contributed by atoms with Gasteiger partial charge >= 0.3 is 13.5 Å². The first kappa shape index (κ1) is 35.5. The first-order chi connectivity index (χ1) is 20.2. The first-order valence-corrected chi connectivity index (χ1v) is 15.8. The molecule has 1 aliphatic heterocycles. The van der Waals surface area contributed by atoms with E-state index in [1.807, 2.05) is 27.7 Å². The number of hydrogen-bond donors (Lipinski definition) is 3. The molecule has 0 bridgehead atoms. The van der Waals surface area contributed by atoms with E-state index < -0.39 is 64.8 Å². The van der Waals surface area contributed by atoms with Crippen molar-refractivity contribution in [1.82, 2.24) is 20.3 Å². The Balaban J connectivity index is 1.77. The van der Waals surface area contributed by atoms with Crippen LogP contribution in [0.1, 0.15) is 46.6 Å². The maximum absolute atomic E-state index is 12.5. The number of rotatable bonds is 15. The Morgan fingerprint density at radius 2 is 1.74 bits per heavy atom. The lowest BCUT2D eigenvalue weighted by molar-refractivity contribution is -0.134. The van der Waals surface area contributed by atoms with E-state index in [4.69, 9.17) is 4.74 Å². The van der Waals surface area contributed by atoms with Gasteiger partial charge in [0.05, 0.1) is 6.54 Å². The van der Waals surface area contributed by atoms with Gasteiger partial charge in [-0.25, -0.2) is 4.79 Å². The lowest BCUT2D eigenvalue weighted by atomic mass is 9.89. The molecular weight excluding hydrogens is 577 g/mol. The Morgan fingerprint density at radius 3 is 2.30 bits per heavy atom. The van der Waals surface area contributed by atoms with E-state index in [-0.39, 0.29) is 24.9 Å². The highest BCUT2D eigenvalue weighted by Gasteiger charge is 2.41. The minimum absolute atomic E-state index is 0.0187. The van der Waals surface area contributed by atoms with Crippen molar-refractivity contribution in [3.8, 4) is 0 Å². The van der Waals surface area contributed by atoms with Crippen LogP contribution in [-0.4, -0.2) is 94.5 Å². The summed E-state index contributed by atoms with van der Waals surface area (Å²) in [6.07, 6.45) is 1.12. The summed E-state index contributed by atoms with van der Waals surface area (Å²) in [7, 11) is -0.182. The summed E-state index contributed by atoms with van der Waals surface area (Å²) in [4.78, 5) is 76.2. The predicted molar refractivity (Wildman–Crippen MR) is 162 cm³/mol. The minimum atomic E-state index is -1.03. The van der Waals surface area contributed by atoms with Crippen LogP contribution in [0.2, 0.25) is 0 Å². The monoisotopic (exact) mass is 618 g/mol. The molecule has 13 nitrogen and oxygen atoms in total. The third-order valence-corrected chi connectivity index (χ3v) is 7.30. The van der Waals surface area contributed by atoms with Crippen LogP contribution >= 0.6 is 0 Å². The van der Waals surface area contributed by atoms with Crippen molar-refractivity contribution in [1.29, 1.82) is 0 Å². The summed E-state index contributed by atoms with van der Waals surface area (Å²) in [5, 5.41) is 7.44. The zero-order chi connectivity index (χ0) is 32.3. The average Bonchev–Trinajstić information content (AvgIpc) is 3.21. The van der Waals surface area contributed by atoms with Crippen LogP contribution in [0.5, 0.6) is 0 Å². The van der Waals surface area contributed by atoms with Crippen LogP contribution in [0, 0.1) is 17.8 Å². The number of hydrogen-bond acceptors (Lipinski definition) is 8. The van der Waals surface area contributed by atoms with Gasteiger partial charge in [0, 0.05) is 53.9 Å². The van der Waals surface area contributed by atoms with E-state index in [1.54, 1.807) is 30.5 Å². The summed E-state index contributed by atoms with van der Waals surface area (Å²) in [5.74, 6) is -2.79. The second-order valence-corrected chi connectivity index (χ2v) is 12.7. The maximum Gasteiger partial charge on any atom is 0.410 e. The van der Waals surface area contributed by atoms with Gasteiger partial charge in [-0.3, -0.25) is 28.2 Å². The molecule has 1 heterocycles. The van der Waals surface area contributed by atoms with Crippen molar-refractivity contribution >= 4 is 59.4 Å². The summed E-state index contributed by atoms with van der Waals surface area (Å²) >= 11 is 0. The quantitative estimate of drug-likeness (QED) is 0.196. The normalized spacial score (nSPS) is 16.1. The summed E-state index contributed by atoms with van der Waals surface area (Å²) in [5.41, 5.74) is 1.15. The number of imide groups is 1. The Kier molecular flexibility index (Phi) is 13.8. The molecule has 43 heavy (non-hydrogen) atoms. The molecule has 3 N–H and O–H groups in total. The van der Waals surface area contributed by atoms with E-state index in [0.29, 0.717) is 30.1 Å².